The Kier molecular flexibility index (Phi) is 4.78. The second kappa shape index (κ2) is 7.60. The average Bonchev–Trinajstić information content (AvgIpc) is 3.24. The van der Waals surface area contributed by atoms with Crippen LogP contribution in [0.4, 0.5) is 15.8 Å². The molecule has 1 fully saturated rings. The molecule has 2 bridgehead atoms. The van der Waals surface area contributed by atoms with Crippen LogP contribution in [-0.4, -0.2) is 34.9 Å². The quantitative estimate of drug-likeness (QED) is 0.699. The molecule has 5 rings (SSSR count). The van der Waals surface area contributed by atoms with Crippen molar-refractivity contribution < 1.29 is 9.13 Å². The molecule has 2 aromatic rings. The van der Waals surface area contributed by atoms with Crippen molar-refractivity contribution in [2.45, 2.75) is 51.1 Å². The van der Waals surface area contributed by atoms with Crippen LogP contribution in [0.5, 0.6) is 5.75 Å². The van der Waals surface area contributed by atoms with Crippen LogP contribution in [0.25, 0.3) is 0 Å². The third kappa shape index (κ3) is 3.26. The Morgan fingerprint density at radius 3 is 3.07 bits per heavy atom. The fourth-order valence-corrected chi connectivity index (χ4v) is 4.67. The van der Waals surface area contributed by atoms with Crippen molar-refractivity contribution in [3.8, 4) is 11.8 Å². The number of halogens is 1. The molecule has 1 aromatic carbocycles. The second-order valence-electron chi connectivity index (χ2n) is 8.20. The minimum atomic E-state index is -0.246. The molecule has 1 N–H and O–H groups in total. The van der Waals surface area contributed by atoms with Gasteiger partial charge in [0, 0.05) is 37.2 Å². The van der Waals surface area contributed by atoms with Gasteiger partial charge in [-0.1, -0.05) is 0 Å². The summed E-state index contributed by atoms with van der Waals surface area (Å²) in [6.45, 7) is 3.44. The topological polar surface area (TPSA) is 73.5 Å². The Labute approximate surface area is 175 Å². The first-order valence-electron chi connectivity index (χ1n) is 10.6. The van der Waals surface area contributed by atoms with Crippen molar-refractivity contribution in [2.24, 2.45) is 4.99 Å². The van der Waals surface area contributed by atoms with Gasteiger partial charge in [-0.3, -0.25) is 4.98 Å². The summed E-state index contributed by atoms with van der Waals surface area (Å²) in [6.07, 6.45) is 5.89. The smallest absolute Gasteiger partial charge is 0.124 e. The monoisotopic (exact) mass is 405 g/mol. The van der Waals surface area contributed by atoms with E-state index in [-0.39, 0.29) is 17.9 Å². The van der Waals surface area contributed by atoms with E-state index in [2.05, 4.69) is 28.2 Å². The highest BCUT2D eigenvalue weighted by Gasteiger charge is 2.33. The van der Waals surface area contributed by atoms with E-state index in [0.29, 0.717) is 12.2 Å². The summed E-state index contributed by atoms with van der Waals surface area (Å²) >= 11 is 0. The number of nitrogens with one attached hydrogen (secondary N) is 1. The van der Waals surface area contributed by atoms with Crippen LogP contribution in [0.3, 0.4) is 0 Å². The lowest BCUT2D eigenvalue weighted by Crippen LogP contribution is -2.32. The molecular weight excluding hydrogens is 381 g/mol. The Hall–Kier alpha value is -3.14. The fourth-order valence-electron chi connectivity index (χ4n) is 4.67. The third-order valence-corrected chi connectivity index (χ3v) is 6.19. The molecular formula is C23H24FN5O. The first-order valence-corrected chi connectivity index (χ1v) is 10.6. The van der Waals surface area contributed by atoms with Gasteiger partial charge in [0.2, 0.25) is 0 Å². The predicted molar refractivity (Wildman–Crippen MR) is 113 cm³/mol. The van der Waals surface area contributed by atoms with Crippen molar-refractivity contribution in [1.29, 1.82) is 5.26 Å². The zero-order chi connectivity index (χ0) is 20.7. The number of pyridine rings is 1. The third-order valence-electron chi connectivity index (χ3n) is 6.19. The lowest BCUT2D eigenvalue weighted by atomic mass is 10.0. The molecule has 0 radical (unpaired) electrons. The number of fused-ring (bicyclic) bond motifs is 4. The van der Waals surface area contributed by atoms with Crippen LogP contribution >= 0.6 is 0 Å². The SMILES string of the molecule is C[C@@H]1CCOc2ccc(F)cc2[C@H]2CCCN2C2=Nc3c(ncc(C#N)c3N1)CC2. The molecule has 7 heteroatoms. The van der Waals surface area contributed by atoms with Gasteiger partial charge in [0.25, 0.3) is 0 Å². The Morgan fingerprint density at radius 1 is 1.30 bits per heavy atom. The van der Waals surface area contributed by atoms with Crippen molar-refractivity contribution >= 4 is 17.2 Å². The van der Waals surface area contributed by atoms with Crippen molar-refractivity contribution in [1.82, 2.24) is 9.88 Å². The first kappa shape index (κ1) is 18.9. The van der Waals surface area contributed by atoms with Crippen LogP contribution in [0.15, 0.2) is 29.4 Å². The van der Waals surface area contributed by atoms with E-state index in [1.807, 2.05) is 0 Å². The second-order valence-corrected chi connectivity index (χ2v) is 8.20. The molecule has 6 nitrogen and oxygen atoms in total. The van der Waals surface area contributed by atoms with Gasteiger partial charge >= 0.3 is 0 Å². The van der Waals surface area contributed by atoms with E-state index in [1.165, 1.54) is 6.07 Å². The maximum atomic E-state index is 14.2. The standard InChI is InChI=1S/C23H24FN5O/c1-14-8-10-30-20-6-4-16(24)11-17(20)19-3-2-9-29(19)21-7-5-18-23(28-21)22(27-14)15(12-25)13-26-18/h4,6,11,13-14,19,27H,2-3,5,7-10H2,1H3/t14-,19-/m1/s1. The zero-order valence-corrected chi connectivity index (χ0v) is 17.0. The normalized spacial score (nSPS) is 22.7. The Bertz CT molecular complexity index is 1060. The van der Waals surface area contributed by atoms with Crippen molar-refractivity contribution in [3.05, 3.63) is 47.0 Å². The largest absolute Gasteiger partial charge is 0.493 e. The lowest BCUT2D eigenvalue weighted by Gasteiger charge is -2.31. The van der Waals surface area contributed by atoms with Crippen molar-refractivity contribution in [2.75, 3.05) is 18.5 Å². The molecule has 0 amide bonds. The van der Waals surface area contributed by atoms with Gasteiger partial charge in [-0.15, -0.1) is 0 Å². The summed E-state index contributed by atoms with van der Waals surface area (Å²) in [4.78, 5) is 11.8. The summed E-state index contributed by atoms with van der Waals surface area (Å²) in [7, 11) is 0. The first-order chi connectivity index (χ1) is 14.6. The van der Waals surface area contributed by atoms with Crippen LogP contribution in [0.1, 0.15) is 55.5 Å². The van der Waals surface area contributed by atoms with Gasteiger partial charge in [0.15, 0.2) is 0 Å². The maximum Gasteiger partial charge on any atom is 0.124 e. The summed E-state index contributed by atoms with van der Waals surface area (Å²) < 4.78 is 20.3. The van der Waals surface area contributed by atoms with Crippen LogP contribution in [0, 0.1) is 17.1 Å². The summed E-state index contributed by atoms with van der Waals surface area (Å²) in [5.74, 6) is 1.48. The highest BCUT2D eigenvalue weighted by Crippen LogP contribution is 2.42. The number of anilines is 1. The molecule has 1 aromatic heterocycles. The van der Waals surface area contributed by atoms with Gasteiger partial charge in [-0.25, -0.2) is 9.38 Å². The fraction of sp³-hybridized carbons (Fsp3) is 0.435. The molecule has 4 heterocycles. The predicted octanol–water partition coefficient (Wildman–Crippen LogP) is 4.49. The number of rotatable bonds is 0. The number of hydrogen-bond acceptors (Lipinski definition) is 6. The van der Waals surface area contributed by atoms with Gasteiger partial charge in [-0.05, 0) is 44.4 Å². The van der Waals surface area contributed by atoms with Gasteiger partial charge in [0.05, 0.1) is 29.6 Å². The van der Waals surface area contributed by atoms with E-state index in [9.17, 15) is 9.65 Å². The minimum Gasteiger partial charge on any atom is -0.493 e. The number of ether oxygens (including phenoxy) is 1. The molecule has 154 valence electrons. The molecule has 30 heavy (non-hydrogen) atoms. The van der Waals surface area contributed by atoms with E-state index in [1.54, 1.807) is 18.3 Å². The lowest BCUT2D eigenvalue weighted by molar-refractivity contribution is 0.290. The number of aliphatic imine (C=N–C) groups is 1. The van der Waals surface area contributed by atoms with Crippen LogP contribution in [0.2, 0.25) is 0 Å². The maximum absolute atomic E-state index is 14.2. The molecule has 3 aliphatic rings. The van der Waals surface area contributed by atoms with Gasteiger partial charge in [-0.2, -0.15) is 5.26 Å². The highest BCUT2D eigenvalue weighted by atomic mass is 19.1. The molecule has 0 spiro atoms. The summed E-state index contributed by atoms with van der Waals surface area (Å²) in [5.41, 5.74) is 3.84. The Balaban J connectivity index is 1.66. The zero-order valence-electron chi connectivity index (χ0n) is 17.0. The minimum absolute atomic E-state index is 0.0395. The van der Waals surface area contributed by atoms with E-state index in [4.69, 9.17) is 9.73 Å². The highest BCUT2D eigenvalue weighted by molar-refractivity contribution is 5.91. The van der Waals surface area contributed by atoms with E-state index in [0.717, 1.165) is 72.9 Å². The molecule has 3 aliphatic heterocycles. The Morgan fingerprint density at radius 2 is 2.20 bits per heavy atom. The van der Waals surface area contributed by atoms with Crippen LogP contribution < -0.4 is 10.1 Å². The van der Waals surface area contributed by atoms with Crippen LogP contribution in [-0.2, 0) is 6.42 Å². The molecule has 0 saturated carbocycles. The number of amidine groups is 1. The molecule has 0 unspecified atom stereocenters. The molecule has 2 atom stereocenters. The number of benzene rings is 1. The average molecular weight is 405 g/mol. The number of hydrogen-bond donors (Lipinski definition) is 1. The number of aromatic nitrogens is 1. The van der Waals surface area contributed by atoms with E-state index >= 15 is 0 Å². The number of nitrogens with zero attached hydrogens (tertiary/aromatic N) is 4. The van der Waals surface area contributed by atoms with Gasteiger partial charge in [0.1, 0.15) is 29.2 Å². The van der Waals surface area contributed by atoms with Gasteiger partial charge < -0.3 is 15.0 Å². The molecule has 0 aliphatic carbocycles. The van der Waals surface area contributed by atoms with Crippen molar-refractivity contribution in [3.63, 3.8) is 0 Å². The number of nitriles is 1. The summed E-state index contributed by atoms with van der Waals surface area (Å²) in [5, 5.41) is 13.1. The molecule has 1 saturated heterocycles. The summed E-state index contributed by atoms with van der Waals surface area (Å²) in [6, 6.07) is 7.18. The van der Waals surface area contributed by atoms with E-state index < -0.39 is 0 Å². The number of aryl methyl sites for hydroxylation is 1.